The molecule has 68 heavy (non-hydrogen) atoms. The van der Waals surface area contributed by atoms with Crippen molar-refractivity contribution in [1.29, 1.82) is 0 Å². The van der Waals surface area contributed by atoms with E-state index >= 15 is 0 Å². The maximum atomic E-state index is 12.4. The van der Waals surface area contributed by atoms with E-state index in [9.17, 15) is 13.2 Å². The van der Waals surface area contributed by atoms with Crippen molar-refractivity contribution in [1.82, 2.24) is 14.5 Å². The van der Waals surface area contributed by atoms with Gasteiger partial charge in [0.15, 0.2) is 0 Å². The molecule has 0 spiro atoms. The number of furan rings is 1. The molecule has 0 aliphatic carbocycles. The number of pyridine rings is 1. The van der Waals surface area contributed by atoms with Gasteiger partial charge in [-0.3, -0.25) is 4.98 Å². The van der Waals surface area contributed by atoms with Gasteiger partial charge in [0, 0.05) is 41.5 Å². The number of fused-ring (bicyclic) bond motifs is 4. The summed E-state index contributed by atoms with van der Waals surface area (Å²) in [5.41, 5.74) is 13.4. The average Bonchev–Trinajstić information content (AvgIpc) is 3.92. The van der Waals surface area contributed by atoms with Gasteiger partial charge in [-0.2, -0.15) is 13.2 Å². The monoisotopic (exact) mass is 1100 g/mol. The SMILES string of the molecule is CC(C)c1cc(-c2ccc(-c3ccccc3)cc2)cc(C(C)C)c1-n1c(-c2[c-]ccc3c2oc2cc([Si](C)(C)C)ccc23)nc2ccccc21.[2H]C([2H])([2H])c1ccc(-c2[c-]cc(C(F)(F)F)cc2)nc1.[Ir]. The number of alkyl halides is 3. The zero-order valence-corrected chi connectivity index (χ0v) is 42.3. The smallest absolute Gasteiger partial charge is 0.381 e. The summed E-state index contributed by atoms with van der Waals surface area (Å²) in [5.74, 6) is 1.39. The Morgan fingerprint density at radius 3 is 1.96 bits per heavy atom. The van der Waals surface area contributed by atoms with Gasteiger partial charge in [0.25, 0.3) is 0 Å². The molecule has 3 heterocycles. The van der Waals surface area contributed by atoms with Crippen molar-refractivity contribution in [2.45, 2.75) is 72.2 Å². The summed E-state index contributed by atoms with van der Waals surface area (Å²) < 4.78 is 68.0. The summed E-state index contributed by atoms with van der Waals surface area (Å²) >= 11 is 0. The average molecular weight is 1100 g/mol. The molecule has 10 rings (SSSR count). The molecule has 0 aliphatic rings. The van der Waals surface area contributed by atoms with Crippen molar-refractivity contribution in [2.75, 3.05) is 0 Å². The van der Waals surface area contributed by atoms with Crippen LogP contribution in [-0.4, -0.2) is 22.6 Å². The number of benzene rings is 7. The molecular weight excluding hydrogens is 1040 g/mol. The van der Waals surface area contributed by atoms with Crippen LogP contribution in [0, 0.1) is 19.0 Å². The van der Waals surface area contributed by atoms with Crippen LogP contribution in [-0.2, 0) is 26.3 Å². The van der Waals surface area contributed by atoms with Crippen LogP contribution in [0.2, 0.25) is 19.6 Å². The minimum Gasteiger partial charge on any atom is -0.501 e. The van der Waals surface area contributed by atoms with E-state index in [-0.39, 0.29) is 37.5 Å². The molecule has 0 atom stereocenters. The fourth-order valence-corrected chi connectivity index (χ4v) is 9.73. The van der Waals surface area contributed by atoms with Gasteiger partial charge in [-0.25, -0.2) is 0 Å². The Morgan fingerprint density at radius 1 is 0.691 bits per heavy atom. The first-order valence-electron chi connectivity index (χ1n) is 24.0. The number of imidazole rings is 1. The van der Waals surface area contributed by atoms with Crippen molar-refractivity contribution >= 4 is 46.2 Å². The largest absolute Gasteiger partial charge is 0.501 e. The van der Waals surface area contributed by atoms with E-state index in [0.717, 1.165) is 56.5 Å². The molecule has 0 amide bonds. The Bertz CT molecular complexity index is 3400. The zero-order chi connectivity index (χ0) is 49.7. The molecular formula is C59H52F3IrN3OSi-2. The van der Waals surface area contributed by atoms with Crippen LogP contribution in [0.3, 0.4) is 0 Å². The van der Waals surface area contributed by atoms with Crippen LogP contribution >= 0.6 is 0 Å². The predicted octanol–water partition coefficient (Wildman–Crippen LogP) is 16.4. The van der Waals surface area contributed by atoms with Crippen LogP contribution in [0.15, 0.2) is 162 Å². The standard InChI is InChI=1S/C46H43N2OSi.C13H9F3N.Ir/c1-29(2)39-26-34(33-22-20-32(21-23-33)31-14-9-8-10-15-31)27-40(30(3)4)44(39)48-42-19-12-11-18-41(42)47-46(48)38-17-13-16-37-36-25-24-35(50(5,6)7)28-43(36)49-45(37)38;1-9-2-7-12(17-8-9)10-3-5-11(6-4-10)13(14,15)16;/h8-16,18-30H,1-7H3;2-3,5-8H,1H3;/q2*-1;/i;1D3;. The Morgan fingerprint density at radius 2 is 1.35 bits per heavy atom. The normalized spacial score (nSPS) is 12.7. The van der Waals surface area contributed by atoms with Gasteiger partial charge in [-0.1, -0.05) is 154 Å². The molecule has 3 aromatic heterocycles. The molecule has 345 valence electrons. The van der Waals surface area contributed by atoms with Gasteiger partial charge < -0.3 is 14.0 Å². The number of aryl methyl sites for hydroxylation is 1. The number of nitrogens with zero attached hydrogens (tertiary/aromatic N) is 3. The summed E-state index contributed by atoms with van der Waals surface area (Å²) in [5, 5.41) is 3.62. The summed E-state index contributed by atoms with van der Waals surface area (Å²) in [6.45, 7) is 14.1. The van der Waals surface area contributed by atoms with Crippen LogP contribution in [0.1, 0.15) is 65.9 Å². The molecule has 0 N–H and O–H groups in total. The molecule has 0 saturated carbocycles. The first kappa shape index (κ1) is 44.1. The second kappa shape index (κ2) is 19.3. The minimum absolute atomic E-state index is 0. The van der Waals surface area contributed by atoms with Crippen molar-refractivity contribution in [3.05, 3.63) is 192 Å². The molecule has 10 aromatic rings. The van der Waals surface area contributed by atoms with E-state index in [1.54, 1.807) is 0 Å². The van der Waals surface area contributed by atoms with E-state index < -0.39 is 26.7 Å². The number of aromatic nitrogens is 3. The number of para-hydroxylation sites is 2. The first-order chi connectivity index (χ1) is 33.3. The number of hydrogen-bond acceptors (Lipinski definition) is 3. The molecule has 9 heteroatoms. The van der Waals surface area contributed by atoms with Gasteiger partial charge in [-0.15, -0.1) is 48.0 Å². The van der Waals surface area contributed by atoms with E-state index in [0.29, 0.717) is 11.3 Å². The fraction of sp³-hybridized carbons (Fsp3) is 0.186. The third-order valence-corrected chi connectivity index (χ3v) is 14.3. The molecule has 7 aromatic carbocycles. The van der Waals surface area contributed by atoms with E-state index in [2.05, 4.69) is 184 Å². The number of hydrogen-bond donors (Lipinski definition) is 0. The predicted molar refractivity (Wildman–Crippen MR) is 273 cm³/mol. The van der Waals surface area contributed by atoms with Gasteiger partial charge in [0.1, 0.15) is 5.58 Å². The Labute approximate surface area is 415 Å². The third kappa shape index (κ3) is 9.66. The van der Waals surface area contributed by atoms with Crippen molar-refractivity contribution in [3.63, 3.8) is 0 Å². The van der Waals surface area contributed by atoms with Crippen molar-refractivity contribution < 1.29 is 41.8 Å². The third-order valence-electron chi connectivity index (χ3n) is 12.2. The minimum atomic E-state index is -4.41. The van der Waals surface area contributed by atoms with E-state index in [4.69, 9.17) is 13.5 Å². The fourth-order valence-electron chi connectivity index (χ4n) is 8.58. The molecule has 1 radical (unpaired) electrons. The molecule has 0 aliphatic heterocycles. The second-order valence-electron chi connectivity index (χ2n) is 18.6. The summed E-state index contributed by atoms with van der Waals surface area (Å²) in [4.78, 5) is 9.27. The molecule has 4 nitrogen and oxygen atoms in total. The van der Waals surface area contributed by atoms with Gasteiger partial charge >= 0.3 is 6.18 Å². The Hall–Kier alpha value is -6.38. The van der Waals surface area contributed by atoms with Gasteiger partial charge in [0.2, 0.25) is 0 Å². The van der Waals surface area contributed by atoms with Crippen LogP contribution < -0.4 is 5.19 Å². The topological polar surface area (TPSA) is 43.9 Å². The van der Waals surface area contributed by atoms with Crippen LogP contribution in [0.5, 0.6) is 0 Å². The van der Waals surface area contributed by atoms with E-state index in [1.807, 2.05) is 6.07 Å². The first-order valence-corrected chi connectivity index (χ1v) is 26.0. The maximum Gasteiger partial charge on any atom is 0.381 e. The van der Waals surface area contributed by atoms with Gasteiger partial charge in [-0.05, 0) is 99.2 Å². The Kier molecular flexibility index (Phi) is 12.5. The summed E-state index contributed by atoms with van der Waals surface area (Å²) in [7, 11) is -1.52. The summed E-state index contributed by atoms with van der Waals surface area (Å²) in [6.07, 6.45) is -3.22. The van der Waals surface area contributed by atoms with Crippen LogP contribution in [0.25, 0.3) is 83.6 Å². The second-order valence-corrected chi connectivity index (χ2v) is 23.7. The Balaban J connectivity index is 0.000000271. The molecule has 0 fully saturated rings. The van der Waals surface area contributed by atoms with Crippen LogP contribution in [0.4, 0.5) is 13.2 Å². The zero-order valence-electron chi connectivity index (χ0n) is 41.9. The quantitative estimate of drug-likeness (QED) is 0.112. The molecule has 0 unspecified atom stereocenters. The van der Waals surface area contributed by atoms with E-state index in [1.165, 1.54) is 68.7 Å². The number of halogens is 3. The van der Waals surface area contributed by atoms with Crippen molar-refractivity contribution in [2.24, 2.45) is 0 Å². The summed E-state index contributed by atoms with van der Waals surface area (Å²) in [6, 6.07) is 55.7. The maximum absolute atomic E-state index is 12.4. The molecule has 0 bridgehead atoms. The van der Waals surface area contributed by atoms with Gasteiger partial charge in [0.05, 0.1) is 30.5 Å². The number of rotatable bonds is 8. The molecule has 0 saturated heterocycles. The van der Waals surface area contributed by atoms with Crippen molar-refractivity contribution in [3.8, 4) is 50.6 Å².